The second kappa shape index (κ2) is 14.3. The van der Waals surface area contributed by atoms with Crippen molar-refractivity contribution in [1.82, 2.24) is 5.32 Å². The number of amides is 1. The molecule has 1 aliphatic rings. The Hall–Kier alpha value is -4.65. The van der Waals surface area contributed by atoms with Crippen LogP contribution in [-0.4, -0.2) is 75.0 Å². The Morgan fingerprint density at radius 3 is 1.90 bits per heavy atom. The van der Waals surface area contributed by atoms with E-state index in [1.165, 1.54) is 28.0 Å². The summed E-state index contributed by atoms with van der Waals surface area (Å²) >= 11 is 0. The molecule has 5 atom stereocenters. The lowest BCUT2D eigenvalue weighted by Gasteiger charge is -2.44. The number of hydrogen-bond acceptors (Lipinski definition) is 12. The van der Waals surface area contributed by atoms with Gasteiger partial charge in [0.1, 0.15) is 24.6 Å². The highest BCUT2D eigenvalue weighted by Gasteiger charge is 2.52. The molecule has 0 saturated carbocycles. The third kappa shape index (κ3) is 8.19. The fraction of sp³-hybridized carbons (Fsp3) is 0.414. The quantitative estimate of drug-likeness (QED) is 0.320. The SMILES string of the molecule is CNC(=O)c1ccc(Oc2cc([C@H]3O[C@H](COC(C)=O)[C@@H](OC(C)=O)[C@H](OC(C)=O)[C@@H]3OC(C)=O)ccc2OC)cc1. The highest BCUT2D eigenvalue weighted by Crippen LogP contribution is 2.41. The van der Waals surface area contributed by atoms with Crippen LogP contribution in [0.2, 0.25) is 0 Å². The van der Waals surface area contributed by atoms with E-state index in [0.29, 0.717) is 22.6 Å². The first-order valence-electron chi connectivity index (χ1n) is 12.9. The van der Waals surface area contributed by atoms with Gasteiger partial charge in [-0.25, -0.2) is 0 Å². The third-order valence-corrected chi connectivity index (χ3v) is 6.08. The van der Waals surface area contributed by atoms with Crippen molar-refractivity contribution in [2.24, 2.45) is 0 Å². The molecule has 1 N–H and O–H groups in total. The van der Waals surface area contributed by atoms with Crippen LogP contribution < -0.4 is 14.8 Å². The first kappa shape index (κ1) is 31.9. The van der Waals surface area contributed by atoms with Gasteiger partial charge in [-0.1, -0.05) is 6.07 Å². The molecular formula is C29H33NO12. The lowest BCUT2D eigenvalue weighted by molar-refractivity contribution is -0.254. The Balaban J connectivity index is 2.07. The van der Waals surface area contributed by atoms with Gasteiger partial charge in [0.25, 0.3) is 5.91 Å². The number of ether oxygens (including phenoxy) is 7. The average molecular weight is 588 g/mol. The van der Waals surface area contributed by atoms with Crippen LogP contribution in [0.15, 0.2) is 42.5 Å². The molecule has 0 aliphatic carbocycles. The van der Waals surface area contributed by atoms with Gasteiger partial charge in [0.05, 0.1) is 7.11 Å². The van der Waals surface area contributed by atoms with Crippen LogP contribution in [0.4, 0.5) is 0 Å². The molecule has 0 aromatic heterocycles. The number of rotatable bonds is 10. The summed E-state index contributed by atoms with van der Waals surface area (Å²) in [6.45, 7) is 4.30. The minimum atomic E-state index is -1.32. The summed E-state index contributed by atoms with van der Waals surface area (Å²) in [5.41, 5.74) is 0.841. The Kier molecular flexibility index (Phi) is 10.9. The minimum Gasteiger partial charge on any atom is -0.493 e. The number of hydrogen-bond donors (Lipinski definition) is 1. The van der Waals surface area contributed by atoms with Gasteiger partial charge in [0.2, 0.25) is 0 Å². The molecule has 1 aliphatic heterocycles. The Bertz CT molecular complexity index is 1310. The molecule has 0 radical (unpaired) electrons. The van der Waals surface area contributed by atoms with Gasteiger partial charge in [-0.3, -0.25) is 24.0 Å². The molecule has 2 aromatic rings. The van der Waals surface area contributed by atoms with Gasteiger partial charge >= 0.3 is 23.9 Å². The summed E-state index contributed by atoms with van der Waals surface area (Å²) in [4.78, 5) is 59.8. The predicted molar refractivity (Wildman–Crippen MR) is 144 cm³/mol. The van der Waals surface area contributed by atoms with E-state index in [1.54, 1.807) is 42.5 Å². The lowest BCUT2D eigenvalue weighted by Crippen LogP contribution is -2.59. The molecule has 0 unspecified atom stereocenters. The second-order valence-corrected chi connectivity index (χ2v) is 9.24. The number of benzene rings is 2. The summed E-state index contributed by atoms with van der Waals surface area (Å²) < 4.78 is 39.4. The number of carbonyl (C=O) groups is 5. The largest absolute Gasteiger partial charge is 0.493 e. The Morgan fingerprint density at radius 2 is 1.36 bits per heavy atom. The van der Waals surface area contributed by atoms with Crippen molar-refractivity contribution in [2.45, 2.75) is 58.2 Å². The molecule has 3 rings (SSSR count). The topological polar surface area (TPSA) is 162 Å². The maximum Gasteiger partial charge on any atom is 0.303 e. The third-order valence-electron chi connectivity index (χ3n) is 6.08. The number of methoxy groups -OCH3 is 1. The average Bonchev–Trinajstić information content (AvgIpc) is 2.93. The lowest BCUT2D eigenvalue weighted by atomic mass is 9.90. The van der Waals surface area contributed by atoms with E-state index in [-0.39, 0.29) is 18.3 Å². The standard InChI is InChI=1S/C29H33NO12/c1-15(31)37-14-24-26(38-16(2)32)28(40-18(4)34)27(39-17(3)33)25(42-24)20-9-12-22(36-6)23(13-20)41-21-10-7-19(8-11-21)29(35)30-5/h7-13,24-28H,14H2,1-6H3,(H,30,35)/t24-,25-,26-,27-,28+/m1/s1. The summed E-state index contributed by atoms with van der Waals surface area (Å²) in [6.07, 6.45) is -6.09. The molecule has 1 fully saturated rings. The summed E-state index contributed by atoms with van der Waals surface area (Å²) in [5, 5.41) is 2.54. The van der Waals surface area contributed by atoms with Crippen molar-refractivity contribution in [3.05, 3.63) is 53.6 Å². The van der Waals surface area contributed by atoms with E-state index in [1.807, 2.05) is 0 Å². The number of carbonyl (C=O) groups excluding carboxylic acids is 5. The van der Waals surface area contributed by atoms with E-state index in [0.717, 1.165) is 13.8 Å². The van der Waals surface area contributed by atoms with Crippen molar-refractivity contribution < 1.29 is 57.1 Å². The fourth-order valence-electron chi connectivity index (χ4n) is 4.39. The van der Waals surface area contributed by atoms with E-state index in [2.05, 4.69) is 5.32 Å². The minimum absolute atomic E-state index is 0.246. The highest BCUT2D eigenvalue weighted by molar-refractivity contribution is 5.94. The van der Waals surface area contributed by atoms with Gasteiger partial charge < -0.3 is 38.5 Å². The number of esters is 4. The normalized spacial score (nSPS) is 21.3. The maximum atomic E-state index is 12.2. The summed E-state index contributed by atoms with van der Waals surface area (Å²) in [6, 6.07) is 11.2. The molecule has 42 heavy (non-hydrogen) atoms. The van der Waals surface area contributed by atoms with Crippen LogP contribution in [0.1, 0.15) is 49.7 Å². The fourth-order valence-corrected chi connectivity index (χ4v) is 4.39. The van der Waals surface area contributed by atoms with Crippen LogP contribution in [0.25, 0.3) is 0 Å². The molecule has 0 bridgehead atoms. The molecule has 13 nitrogen and oxygen atoms in total. The van der Waals surface area contributed by atoms with Crippen molar-refractivity contribution in [3.8, 4) is 17.2 Å². The van der Waals surface area contributed by atoms with Crippen molar-refractivity contribution in [3.63, 3.8) is 0 Å². The molecular weight excluding hydrogens is 554 g/mol. The molecule has 1 heterocycles. The van der Waals surface area contributed by atoms with Gasteiger partial charge in [-0.05, 0) is 42.0 Å². The molecule has 1 saturated heterocycles. The molecule has 2 aromatic carbocycles. The molecule has 1 amide bonds. The van der Waals surface area contributed by atoms with E-state index >= 15 is 0 Å². The highest BCUT2D eigenvalue weighted by atomic mass is 16.7. The van der Waals surface area contributed by atoms with Crippen LogP contribution in [0.5, 0.6) is 17.2 Å². The van der Waals surface area contributed by atoms with Crippen molar-refractivity contribution in [2.75, 3.05) is 20.8 Å². The van der Waals surface area contributed by atoms with Gasteiger partial charge in [-0.2, -0.15) is 0 Å². The number of nitrogens with one attached hydrogen (secondary N) is 1. The summed E-state index contributed by atoms with van der Waals surface area (Å²) in [5.74, 6) is -2.08. The van der Waals surface area contributed by atoms with Gasteiger partial charge in [-0.15, -0.1) is 0 Å². The van der Waals surface area contributed by atoms with Crippen LogP contribution in [0, 0.1) is 0 Å². The van der Waals surface area contributed by atoms with Crippen LogP contribution >= 0.6 is 0 Å². The monoisotopic (exact) mass is 587 g/mol. The molecule has 13 heteroatoms. The zero-order valence-corrected chi connectivity index (χ0v) is 24.0. The van der Waals surface area contributed by atoms with E-state index in [9.17, 15) is 24.0 Å². The van der Waals surface area contributed by atoms with Crippen LogP contribution in [-0.2, 0) is 42.9 Å². The first-order chi connectivity index (χ1) is 19.9. The Morgan fingerprint density at radius 1 is 0.762 bits per heavy atom. The van der Waals surface area contributed by atoms with Crippen molar-refractivity contribution >= 4 is 29.8 Å². The zero-order valence-electron chi connectivity index (χ0n) is 24.0. The Labute approximate surface area is 242 Å². The molecule has 226 valence electrons. The van der Waals surface area contributed by atoms with Gasteiger partial charge in [0.15, 0.2) is 29.8 Å². The molecule has 0 spiro atoms. The van der Waals surface area contributed by atoms with Gasteiger partial charge in [0, 0.05) is 40.3 Å². The second-order valence-electron chi connectivity index (χ2n) is 9.24. The summed E-state index contributed by atoms with van der Waals surface area (Å²) in [7, 11) is 2.97. The smallest absolute Gasteiger partial charge is 0.303 e. The zero-order chi connectivity index (χ0) is 31.0. The van der Waals surface area contributed by atoms with Crippen molar-refractivity contribution in [1.29, 1.82) is 0 Å². The first-order valence-corrected chi connectivity index (χ1v) is 12.9. The predicted octanol–water partition coefficient (Wildman–Crippen LogP) is 2.65. The van der Waals surface area contributed by atoms with E-state index < -0.39 is 54.4 Å². The van der Waals surface area contributed by atoms with Crippen LogP contribution in [0.3, 0.4) is 0 Å². The maximum absolute atomic E-state index is 12.2. The van der Waals surface area contributed by atoms with E-state index in [4.69, 9.17) is 33.2 Å².